The molecule has 0 saturated heterocycles. The van der Waals surface area contributed by atoms with Gasteiger partial charge in [0.1, 0.15) is 0 Å². The van der Waals surface area contributed by atoms with Crippen LogP contribution in [-0.2, 0) is 20.0 Å². The average Bonchev–Trinajstić information content (AvgIpc) is 2.39. The minimum absolute atomic E-state index is 0.0376. The molecule has 0 fully saturated rings. The smallest absolute Gasteiger partial charge is 0.240 e. The highest BCUT2D eigenvalue weighted by Crippen LogP contribution is 2.21. The van der Waals surface area contributed by atoms with Gasteiger partial charge in [0.15, 0.2) is 0 Å². The van der Waals surface area contributed by atoms with E-state index in [-0.39, 0.29) is 28.1 Å². The predicted molar refractivity (Wildman–Crippen MR) is 84.7 cm³/mol. The van der Waals surface area contributed by atoms with Crippen molar-refractivity contribution in [3.63, 3.8) is 0 Å². The van der Waals surface area contributed by atoms with Gasteiger partial charge >= 0.3 is 0 Å². The molecule has 1 rings (SSSR count). The molecule has 1 aromatic carbocycles. The molecule has 0 bridgehead atoms. The van der Waals surface area contributed by atoms with Gasteiger partial charge in [0.05, 0.1) is 10.6 Å². The Morgan fingerprint density at radius 1 is 1.24 bits per heavy atom. The van der Waals surface area contributed by atoms with Crippen molar-refractivity contribution in [2.24, 2.45) is 5.92 Å². The molecule has 2 N–H and O–H groups in total. The van der Waals surface area contributed by atoms with Gasteiger partial charge in [0.2, 0.25) is 20.0 Å². The molecule has 1 aromatic rings. The van der Waals surface area contributed by atoms with Gasteiger partial charge in [-0.25, -0.2) is 21.6 Å². The Balaban J connectivity index is 3.10. The molecule has 120 valence electrons. The predicted octanol–water partition coefficient (Wildman–Crippen LogP) is 1.52. The van der Waals surface area contributed by atoms with E-state index < -0.39 is 20.0 Å². The zero-order valence-electron chi connectivity index (χ0n) is 12.1. The second kappa shape index (κ2) is 6.95. The highest BCUT2D eigenvalue weighted by Gasteiger charge is 2.18. The molecule has 21 heavy (non-hydrogen) atoms. The minimum Gasteiger partial charge on any atom is -0.284 e. The molecule has 9 heteroatoms. The molecule has 0 spiro atoms. The van der Waals surface area contributed by atoms with Crippen molar-refractivity contribution in [1.29, 1.82) is 0 Å². The van der Waals surface area contributed by atoms with Crippen LogP contribution in [0.15, 0.2) is 23.1 Å². The van der Waals surface area contributed by atoms with Crippen molar-refractivity contribution in [2.75, 3.05) is 23.4 Å². The number of rotatable bonds is 7. The number of aryl methyl sites for hydroxylation is 1. The van der Waals surface area contributed by atoms with Gasteiger partial charge in [-0.05, 0) is 37.6 Å². The SMILES string of the molecule is CNS(=O)(=O)c1cc(NS(=O)(=O)CC(C)CCl)ccc1C. The molecular formula is C12H19ClN2O4S2. The fraction of sp³-hybridized carbons (Fsp3) is 0.500. The first-order valence-corrected chi connectivity index (χ1v) is 9.89. The van der Waals surface area contributed by atoms with Crippen molar-refractivity contribution < 1.29 is 16.8 Å². The molecule has 0 aliphatic heterocycles. The summed E-state index contributed by atoms with van der Waals surface area (Å²) in [7, 11) is -5.92. The zero-order valence-corrected chi connectivity index (χ0v) is 14.4. The van der Waals surface area contributed by atoms with E-state index in [1.165, 1.54) is 19.2 Å². The van der Waals surface area contributed by atoms with Crippen molar-refractivity contribution in [2.45, 2.75) is 18.7 Å². The lowest BCUT2D eigenvalue weighted by Crippen LogP contribution is -2.23. The summed E-state index contributed by atoms with van der Waals surface area (Å²) in [6, 6.07) is 4.37. The standard InChI is InChI=1S/C12H19ClN2O4S2/c1-9(7-13)8-20(16,17)15-11-5-4-10(2)12(6-11)21(18,19)14-3/h4-6,9,14-15H,7-8H2,1-3H3. The zero-order chi connectivity index (χ0) is 16.3. The van der Waals surface area contributed by atoms with E-state index in [2.05, 4.69) is 9.44 Å². The Labute approximate surface area is 131 Å². The van der Waals surface area contributed by atoms with Crippen LogP contribution in [0, 0.1) is 12.8 Å². The Morgan fingerprint density at radius 3 is 2.38 bits per heavy atom. The van der Waals surface area contributed by atoms with Crippen LogP contribution in [0.4, 0.5) is 5.69 Å². The molecule has 0 aliphatic carbocycles. The monoisotopic (exact) mass is 354 g/mol. The summed E-state index contributed by atoms with van der Waals surface area (Å²) in [6.07, 6.45) is 0. The Kier molecular flexibility index (Phi) is 6.03. The second-order valence-corrected chi connectivity index (χ2v) is 8.76. The quantitative estimate of drug-likeness (QED) is 0.726. The highest BCUT2D eigenvalue weighted by molar-refractivity contribution is 7.92. The third kappa shape index (κ3) is 5.14. The molecule has 1 atom stereocenters. The summed E-state index contributed by atoms with van der Waals surface area (Å²) < 4.78 is 52.2. The maximum Gasteiger partial charge on any atom is 0.240 e. The molecule has 0 amide bonds. The Bertz CT molecular complexity index is 702. The Hall–Kier alpha value is -0.830. The fourth-order valence-electron chi connectivity index (χ4n) is 1.70. The maximum atomic E-state index is 11.9. The molecule has 0 saturated carbocycles. The molecule has 0 aromatic heterocycles. The number of benzene rings is 1. The lowest BCUT2D eigenvalue weighted by molar-refractivity contribution is 0.585. The fourth-order valence-corrected chi connectivity index (χ4v) is 4.37. The van der Waals surface area contributed by atoms with Gasteiger partial charge in [-0.3, -0.25) is 4.72 Å². The summed E-state index contributed by atoms with van der Waals surface area (Å²) in [6.45, 7) is 3.36. The van der Waals surface area contributed by atoms with E-state index in [1.54, 1.807) is 19.9 Å². The number of halogens is 1. The third-order valence-corrected chi connectivity index (χ3v) is 6.42. The number of alkyl halides is 1. The van der Waals surface area contributed by atoms with Crippen molar-refractivity contribution in [1.82, 2.24) is 4.72 Å². The van der Waals surface area contributed by atoms with E-state index in [0.717, 1.165) is 0 Å². The van der Waals surface area contributed by atoms with E-state index >= 15 is 0 Å². The average molecular weight is 355 g/mol. The van der Waals surface area contributed by atoms with E-state index in [4.69, 9.17) is 11.6 Å². The van der Waals surface area contributed by atoms with Crippen LogP contribution >= 0.6 is 11.6 Å². The molecule has 0 aliphatic rings. The highest BCUT2D eigenvalue weighted by atomic mass is 35.5. The molecule has 0 radical (unpaired) electrons. The van der Waals surface area contributed by atoms with Gasteiger partial charge in [-0.15, -0.1) is 11.6 Å². The van der Waals surface area contributed by atoms with Gasteiger partial charge in [0, 0.05) is 11.6 Å². The summed E-state index contributed by atoms with van der Waals surface area (Å²) in [5, 5.41) is 0. The van der Waals surface area contributed by atoms with Crippen molar-refractivity contribution in [3.8, 4) is 0 Å². The van der Waals surface area contributed by atoms with Crippen LogP contribution in [0.25, 0.3) is 0 Å². The molecule has 1 unspecified atom stereocenters. The second-order valence-electron chi connectivity index (χ2n) is 4.83. The van der Waals surface area contributed by atoms with Crippen molar-refractivity contribution in [3.05, 3.63) is 23.8 Å². The Morgan fingerprint density at radius 2 is 1.86 bits per heavy atom. The number of sulfonamides is 2. The first kappa shape index (κ1) is 18.2. The minimum atomic E-state index is -3.64. The number of hydrogen-bond acceptors (Lipinski definition) is 4. The van der Waals surface area contributed by atoms with Crippen LogP contribution in [0.5, 0.6) is 0 Å². The van der Waals surface area contributed by atoms with E-state index in [9.17, 15) is 16.8 Å². The van der Waals surface area contributed by atoms with E-state index in [0.29, 0.717) is 5.56 Å². The van der Waals surface area contributed by atoms with Crippen molar-refractivity contribution >= 4 is 37.3 Å². The van der Waals surface area contributed by atoms with Crippen LogP contribution in [0.1, 0.15) is 12.5 Å². The van der Waals surface area contributed by atoms with Crippen LogP contribution in [0.3, 0.4) is 0 Å². The number of anilines is 1. The summed E-state index contributed by atoms with van der Waals surface area (Å²) in [5.74, 6) is -0.0951. The number of nitrogens with one attached hydrogen (secondary N) is 2. The van der Waals surface area contributed by atoms with Gasteiger partial charge in [0.25, 0.3) is 0 Å². The topological polar surface area (TPSA) is 92.3 Å². The lowest BCUT2D eigenvalue weighted by atomic mass is 10.2. The molecular weight excluding hydrogens is 336 g/mol. The van der Waals surface area contributed by atoms with Gasteiger partial charge in [-0.1, -0.05) is 13.0 Å². The lowest BCUT2D eigenvalue weighted by Gasteiger charge is -2.13. The van der Waals surface area contributed by atoms with Crippen LogP contribution < -0.4 is 9.44 Å². The summed E-state index contributed by atoms with van der Waals surface area (Å²) >= 11 is 5.61. The van der Waals surface area contributed by atoms with Crippen LogP contribution in [0.2, 0.25) is 0 Å². The van der Waals surface area contributed by atoms with Crippen LogP contribution in [-0.4, -0.2) is 35.5 Å². The maximum absolute atomic E-state index is 11.9. The van der Waals surface area contributed by atoms with Gasteiger partial charge < -0.3 is 0 Å². The third-order valence-electron chi connectivity index (χ3n) is 2.79. The normalized spacial score (nSPS) is 13.9. The van der Waals surface area contributed by atoms with E-state index in [1.807, 2.05) is 0 Å². The molecule has 6 nitrogen and oxygen atoms in total. The first-order valence-electron chi connectivity index (χ1n) is 6.22. The van der Waals surface area contributed by atoms with Gasteiger partial charge in [-0.2, -0.15) is 0 Å². The summed E-state index contributed by atoms with van der Waals surface area (Å²) in [4.78, 5) is 0.0376. The molecule has 0 heterocycles. The largest absolute Gasteiger partial charge is 0.284 e. The first-order chi connectivity index (χ1) is 9.61. The summed E-state index contributed by atoms with van der Waals surface area (Å²) in [5.41, 5.74) is 0.734. The number of hydrogen-bond donors (Lipinski definition) is 2.